The SMILES string of the molecule is CCOC(=O)c1c(NC(=O)CN2C(=O)NC3(CCCCCCC3)C2=O)sc2c1CCC(C)C2. The van der Waals surface area contributed by atoms with E-state index in [4.69, 9.17) is 4.74 Å². The number of fused-ring (bicyclic) bond motifs is 1. The fourth-order valence-corrected chi connectivity index (χ4v) is 6.65. The average Bonchev–Trinajstić information content (AvgIpc) is 3.20. The van der Waals surface area contributed by atoms with Crippen molar-refractivity contribution in [3.63, 3.8) is 0 Å². The molecule has 0 aromatic carbocycles. The highest BCUT2D eigenvalue weighted by atomic mass is 32.1. The van der Waals surface area contributed by atoms with Gasteiger partial charge in [-0.25, -0.2) is 9.59 Å². The van der Waals surface area contributed by atoms with E-state index in [1.54, 1.807) is 6.92 Å². The van der Waals surface area contributed by atoms with Gasteiger partial charge in [0.15, 0.2) is 0 Å². The molecule has 33 heavy (non-hydrogen) atoms. The molecule has 1 saturated heterocycles. The van der Waals surface area contributed by atoms with Crippen LogP contribution in [0.4, 0.5) is 9.80 Å². The molecule has 180 valence electrons. The molecule has 1 spiro atoms. The Labute approximate surface area is 198 Å². The van der Waals surface area contributed by atoms with E-state index in [-0.39, 0.29) is 19.1 Å². The van der Waals surface area contributed by atoms with Crippen LogP contribution in [-0.2, 0) is 27.2 Å². The predicted molar refractivity (Wildman–Crippen MR) is 125 cm³/mol. The summed E-state index contributed by atoms with van der Waals surface area (Å²) in [7, 11) is 0. The molecule has 2 fully saturated rings. The van der Waals surface area contributed by atoms with Gasteiger partial charge in [0.05, 0.1) is 12.2 Å². The van der Waals surface area contributed by atoms with Gasteiger partial charge in [-0.1, -0.05) is 39.0 Å². The Morgan fingerprint density at radius 3 is 2.58 bits per heavy atom. The minimum atomic E-state index is -0.883. The summed E-state index contributed by atoms with van der Waals surface area (Å²) in [6.07, 6.45) is 8.84. The molecule has 0 radical (unpaired) electrons. The van der Waals surface area contributed by atoms with Crippen molar-refractivity contribution in [1.82, 2.24) is 10.2 Å². The van der Waals surface area contributed by atoms with Crippen LogP contribution >= 0.6 is 11.3 Å². The maximum atomic E-state index is 13.2. The summed E-state index contributed by atoms with van der Waals surface area (Å²) in [5, 5.41) is 6.14. The number of thiophene rings is 1. The summed E-state index contributed by atoms with van der Waals surface area (Å²) in [5.74, 6) is -0.725. The number of ether oxygens (including phenoxy) is 1. The first kappa shape index (κ1) is 23.7. The van der Waals surface area contributed by atoms with Crippen LogP contribution in [0.15, 0.2) is 0 Å². The monoisotopic (exact) mass is 475 g/mol. The van der Waals surface area contributed by atoms with E-state index in [0.717, 1.165) is 66.7 Å². The highest BCUT2D eigenvalue weighted by Gasteiger charge is 2.50. The van der Waals surface area contributed by atoms with Crippen LogP contribution in [0.25, 0.3) is 0 Å². The largest absolute Gasteiger partial charge is 0.462 e. The number of hydrogen-bond acceptors (Lipinski definition) is 6. The van der Waals surface area contributed by atoms with Gasteiger partial charge in [-0.05, 0) is 50.5 Å². The molecular formula is C24H33N3O5S. The summed E-state index contributed by atoms with van der Waals surface area (Å²) in [5.41, 5.74) is 0.493. The Balaban J connectivity index is 1.50. The molecule has 3 aliphatic rings. The first-order valence-corrected chi connectivity index (χ1v) is 12.9. The molecule has 1 aromatic heterocycles. The fourth-order valence-electron chi connectivity index (χ4n) is 5.24. The fraction of sp³-hybridized carbons (Fsp3) is 0.667. The molecule has 1 aliphatic heterocycles. The zero-order valence-corrected chi connectivity index (χ0v) is 20.3. The van der Waals surface area contributed by atoms with Crippen LogP contribution in [0.2, 0.25) is 0 Å². The molecule has 8 nitrogen and oxygen atoms in total. The van der Waals surface area contributed by atoms with Crippen molar-refractivity contribution in [2.45, 2.75) is 83.6 Å². The van der Waals surface area contributed by atoms with E-state index in [0.29, 0.717) is 29.3 Å². The van der Waals surface area contributed by atoms with Gasteiger partial charge in [0, 0.05) is 4.88 Å². The van der Waals surface area contributed by atoms with E-state index in [1.807, 2.05) is 0 Å². The van der Waals surface area contributed by atoms with Gasteiger partial charge in [-0.2, -0.15) is 0 Å². The lowest BCUT2D eigenvalue weighted by Gasteiger charge is -2.28. The van der Waals surface area contributed by atoms with Crippen molar-refractivity contribution in [3.8, 4) is 0 Å². The minimum absolute atomic E-state index is 0.248. The lowest BCUT2D eigenvalue weighted by atomic mass is 9.84. The van der Waals surface area contributed by atoms with Gasteiger partial charge in [0.25, 0.3) is 5.91 Å². The van der Waals surface area contributed by atoms with Crippen LogP contribution in [0.3, 0.4) is 0 Å². The number of esters is 1. The summed E-state index contributed by atoms with van der Waals surface area (Å²) in [6.45, 7) is 3.80. The van der Waals surface area contributed by atoms with Crippen LogP contribution in [0, 0.1) is 5.92 Å². The van der Waals surface area contributed by atoms with Crippen molar-refractivity contribution in [3.05, 3.63) is 16.0 Å². The first-order valence-electron chi connectivity index (χ1n) is 12.1. The second-order valence-electron chi connectivity index (χ2n) is 9.50. The van der Waals surface area contributed by atoms with E-state index >= 15 is 0 Å². The molecule has 1 atom stereocenters. The van der Waals surface area contributed by atoms with Crippen LogP contribution in [-0.4, -0.2) is 47.4 Å². The molecular weight excluding hydrogens is 442 g/mol. The van der Waals surface area contributed by atoms with Gasteiger partial charge in [-0.15, -0.1) is 11.3 Å². The Morgan fingerprint density at radius 2 is 1.88 bits per heavy atom. The average molecular weight is 476 g/mol. The standard InChI is InChI=1S/C24H33N3O5S/c1-3-32-21(29)19-16-10-9-15(2)13-17(16)33-20(19)25-18(28)14-27-22(30)24(26-23(27)31)11-7-5-4-6-8-12-24/h15H,3-14H2,1-2H3,(H,25,28)(H,26,31). The minimum Gasteiger partial charge on any atom is -0.462 e. The van der Waals surface area contributed by atoms with Crippen molar-refractivity contribution in [2.75, 3.05) is 18.5 Å². The Hall–Kier alpha value is -2.42. The topological polar surface area (TPSA) is 105 Å². The highest BCUT2D eigenvalue weighted by molar-refractivity contribution is 7.17. The van der Waals surface area contributed by atoms with Crippen LogP contribution in [0.1, 0.15) is 86.0 Å². The van der Waals surface area contributed by atoms with Gasteiger partial charge in [0.1, 0.15) is 17.1 Å². The summed E-state index contributed by atoms with van der Waals surface area (Å²) in [6, 6.07) is -0.513. The number of urea groups is 1. The summed E-state index contributed by atoms with van der Waals surface area (Å²) < 4.78 is 5.25. The molecule has 2 heterocycles. The maximum Gasteiger partial charge on any atom is 0.341 e. The molecule has 2 aliphatic carbocycles. The third kappa shape index (κ3) is 4.78. The second-order valence-corrected chi connectivity index (χ2v) is 10.6. The van der Waals surface area contributed by atoms with E-state index in [2.05, 4.69) is 17.6 Å². The number of amides is 4. The number of carbonyl (C=O) groups is 4. The van der Waals surface area contributed by atoms with Crippen molar-refractivity contribution >= 4 is 40.2 Å². The molecule has 0 bridgehead atoms. The van der Waals surface area contributed by atoms with Crippen molar-refractivity contribution < 1.29 is 23.9 Å². The highest BCUT2D eigenvalue weighted by Crippen LogP contribution is 2.40. The van der Waals surface area contributed by atoms with Crippen LogP contribution < -0.4 is 10.6 Å². The van der Waals surface area contributed by atoms with Gasteiger partial charge in [-0.3, -0.25) is 14.5 Å². The van der Waals surface area contributed by atoms with Gasteiger partial charge < -0.3 is 15.4 Å². The summed E-state index contributed by atoms with van der Waals surface area (Å²) >= 11 is 1.40. The number of nitrogens with zero attached hydrogens (tertiary/aromatic N) is 1. The second kappa shape index (κ2) is 9.83. The van der Waals surface area contributed by atoms with Gasteiger partial charge in [0.2, 0.25) is 5.91 Å². The number of nitrogens with one attached hydrogen (secondary N) is 2. The Bertz CT molecular complexity index is 948. The lowest BCUT2D eigenvalue weighted by molar-refractivity contribution is -0.134. The van der Waals surface area contributed by atoms with E-state index < -0.39 is 23.4 Å². The number of imide groups is 1. The van der Waals surface area contributed by atoms with Gasteiger partial charge >= 0.3 is 12.0 Å². The third-order valence-corrected chi connectivity index (χ3v) is 8.17. The maximum absolute atomic E-state index is 13.2. The van der Waals surface area contributed by atoms with E-state index in [9.17, 15) is 19.2 Å². The normalized spacial score (nSPS) is 22.4. The number of carbonyl (C=O) groups excluding carboxylic acids is 4. The molecule has 1 aromatic rings. The van der Waals surface area contributed by atoms with Crippen LogP contribution in [0.5, 0.6) is 0 Å². The smallest absolute Gasteiger partial charge is 0.341 e. The molecule has 1 unspecified atom stereocenters. The Morgan fingerprint density at radius 1 is 1.18 bits per heavy atom. The molecule has 4 amide bonds. The van der Waals surface area contributed by atoms with E-state index in [1.165, 1.54) is 11.3 Å². The first-order chi connectivity index (χ1) is 15.8. The number of rotatable bonds is 5. The number of hydrogen-bond donors (Lipinski definition) is 2. The molecule has 9 heteroatoms. The molecule has 2 N–H and O–H groups in total. The van der Waals surface area contributed by atoms with Crippen molar-refractivity contribution in [2.24, 2.45) is 5.92 Å². The number of anilines is 1. The molecule has 1 saturated carbocycles. The molecule has 4 rings (SSSR count). The predicted octanol–water partition coefficient (Wildman–Crippen LogP) is 4.02. The third-order valence-electron chi connectivity index (χ3n) is 7.00. The zero-order chi connectivity index (χ0) is 23.6. The quantitative estimate of drug-likeness (QED) is 0.494. The summed E-state index contributed by atoms with van der Waals surface area (Å²) in [4.78, 5) is 53.6. The lowest BCUT2D eigenvalue weighted by Crippen LogP contribution is -2.47. The Kier molecular flexibility index (Phi) is 7.07. The van der Waals surface area contributed by atoms with Crippen molar-refractivity contribution in [1.29, 1.82) is 0 Å². The zero-order valence-electron chi connectivity index (χ0n) is 19.5.